The number of β-amino-alcohol motifs (C(OH)–C–C–N with tert-alkyl or cyclic N) is 1. The molecule has 1 aliphatic heterocycles. The van der Waals surface area contributed by atoms with Crippen LogP contribution in [0, 0.1) is 0 Å². The molecule has 0 aliphatic carbocycles. The van der Waals surface area contributed by atoms with E-state index in [0.29, 0.717) is 6.54 Å². The van der Waals surface area contributed by atoms with E-state index in [9.17, 15) is 9.90 Å². The highest BCUT2D eigenvalue weighted by atomic mass is 16.3. The maximum atomic E-state index is 11.3. The lowest BCUT2D eigenvalue weighted by Gasteiger charge is -2.35. The molecule has 0 saturated carbocycles. The fourth-order valence-electron chi connectivity index (χ4n) is 3.01. The Balaban J connectivity index is 1.63. The van der Waals surface area contributed by atoms with Crippen LogP contribution in [0.4, 0.5) is 0 Å². The van der Waals surface area contributed by atoms with Crippen LogP contribution in [0.1, 0.15) is 18.6 Å². The van der Waals surface area contributed by atoms with Crippen molar-refractivity contribution in [2.75, 3.05) is 32.7 Å². The molecule has 4 nitrogen and oxygen atoms in total. The van der Waals surface area contributed by atoms with Crippen LogP contribution in [0.2, 0.25) is 0 Å². The quantitative estimate of drug-likeness (QED) is 0.943. The van der Waals surface area contributed by atoms with Crippen molar-refractivity contribution in [1.29, 1.82) is 0 Å². The van der Waals surface area contributed by atoms with Gasteiger partial charge in [0.15, 0.2) is 0 Å². The summed E-state index contributed by atoms with van der Waals surface area (Å²) in [4.78, 5) is 15.4. The average Bonchev–Trinajstić information content (AvgIpc) is 2.55. The highest BCUT2D eigenvalue weighted by molar-refractivity contribution is 5.83. The predicted octanol–water partition coefficient (Wildman–Crippen LogP) is 2.04. The van der Waals surface area contributed by atoms with Gasteiger partial charge in [0.05, 0.1) is 6.10 Å². The normalized spacial score (nSPS) is 17.6. The van der Waals surface area contributed by atoms with Crippen LogP contribution in [-0.4, -0.2) is 53.5 Å². The molecule has 1 amide bonds. The van der Waals surface area contributed by atoms with Crippen LogP contribution in [-0.2, 0) is 4.79 Å². The van der Waals surface area contributed by atoms with Gasteiger partial charge in [-0.15, -0.1) is 0 Å². The van der Waals surface area contributed by atoms with Crippen LogP contribution in [0.25, 0.3) is 10.8 Å². The zero-order chi connectivity index (χ0) is 15.5. The van der Waals surface area contributed by atoms with Gasteiger partial charge in [-0.05, 0) is 22.4 Å². The topological polar surface area (TPSA) is 43.8 Å². The summed E-state index contributed by atoms with van der Waals surface area (Å²) >= 11 is 0. The van der Waals surface area contributed by atoms with Crippen molar-refractivity contribution in [2.24, 2.45) is 0 Å². The molecule has 0 bridgehead atoms. The molecule has 22 heavy (non-hydrogen) atoms. The number of aliphatic hydroxyl groups excluding tert-OH is 1. The molecule has 1 atom stereocenters. The molecule has 3 rings (SSSR count). The van der Waals surface area contributed by atoms with E-state index in [1.807, 2.05) is 23.1 Å². The Morgan fingerprint density at radius 1 is 1.09 bits per heavy atom. The smallest absolute Gasteiger partial charge is 0.219 e. The van der Waals surface area contributed by atoms with Gasteiger partial charge in [0.1, 0.15) is 0 Å². The number of nitrogens with zero attached hydrogens (tertiary/aromatic N) is 2. The molecule has 2 aromatic rings. The number of aliphatic hydroxyl groups is 1. The molecule has 1 N–H and O–H groups in total. The summed E-state index contributed by atoms with van der Waals surface area (Å²) in [6.45, 7) is 5.37. The van der Waals surface area contributed by atoms with Crippen molar-refractivity contribution >= 4 is 16.7 Å². The van der Waals surface area contributed by atoms with Gasteiger partial charge in [0, 0.05) is 39.6 Å². The van der Waals surface area contributed by atoms with Crippen molar-refractivity contribution in [3.8, 4) is 0 Å². The van der Waals surface area contributed by atoms with Gasteiger partial charge in [-0.25, -0.2) is 0 Å². The first-order chi connectivity index (χ1) is 10.6. The van der Waals surface area contributed by atoms with Crippen molar-refractivity contribution in [1.82, 2.24) is 9.80 Å². The summed E-state index contributed by atoms with van der Waals surface area (Å²) in [7, 11) is 0. The number of hydrogen-bond donors (Lipinski definition) is 1. The van der Waals surface area contributed by atoms with E-state index >= 15 is 0 Å². The SMILES string of the molecule is CC(=O)N1CCN(CC(O)c2ccc3ccccc3c2)CC1. The van der Waals surface area contributed by atoms with Crippen molar-refractivity contribution < 1.29 is 9.90 Å². The third kappa shape index (κ3) is 3.29. The van der Waals surface area contributed by atoms with Crippen LogP contribution < -0.4 is 0 Å². The van der Waals surface area contributed by atoms with E-state index in [1.54, 1.807) is 6.92 Å². The number of rotatable bonds is 3. The summed E-state index contributed by atoms with van der Waals surface area (Å²) in [5.41, 5.74) is 0.952. The first-order valence-electron chi connectivity index (χ1n) is 7.78. The molecule has 4 heteroatoms. The summed E-state index contributed by atoms with van der Waals surface area (Å²) in [6, 6.07) is 14.3. The summed E-state index contributed by atoms with van der Waals surface area (Å²) < 4.78 is 0. The number of piperazine rings is 1. The zero-order valence-electron chi connectivity index (χ0n) is 12.9. The Bertz CT molecular complexity index is 663. The minimum Gasteiger partial charge on any atom is -0.387 e. The maximum absolute atomic E-state index is 11.3. The molecular formula is C18H22N2O2. The largest absolute Gasteiger partial charge is 0.387 e. The fourth-order valence-corrected chi connectivity index (χ4v) is 3.01. The predicted molar refractivity (Wildman–Crippen MR) is 87.6 cm³/mol. The Morgan fingerprint density at radius 2 is 1.77 bits per heavy atom. The van der Waals surface area contributed by atoms with Gasteiger partial charge in [-0.2, -0.15) is 0 Å². The van der Waals surface area contributed by atoms with E-state index in [-0.39, 0.29) is 5.91 Å². The van der Waals surface area contributed by atoms with Crippen molar-refractivity contribution in [2.45, 2.75) is 13.0 Å². The first-order valence-corrected chi connectivity index (χ1v) is 7.78. The second-order valence-corrected chi connectivity index (χ2v) is 5.93. The lowest BCUT2D eigenvalue weighted by Crippen LogP contribution is -2.48. The lowest BCUT2D eigenvalue weighted by atomic mass is 10.0. The number of fused-ring (bicyclic) bond motifs is 1. The summed E-state index contributed by atoms with van der Waals surface area (Å²) in [6.07, 6.45) is -0.492. The van der Waals surface area contributed by atoms with E-state index < -0.39 is 6.10 Å². The standard InChI is InChI=1S/C18H22N2O2/c1-14(21)20-10-8-19(9-11-20)13-18(22)17-7-6-15-4-2-3-5-16(15)12-17/h2-7,12,18,22H,8-11,13H2,1H3. The number of benzene rings is 2. The van der Waals surface area contributed by atoms with E-state index in [0.717, 1.165) is 37.1 Å². The van der Waals surface area contributed by atoms with Crippen LogP contribution >= 0.6 is 0 Å². The molecule has 0 radical (unpaired) electrons. The van der Waals surface area contributed by atoms with Crippen LogP contribution in [0.15, 0.2) is 42.5 Å². The number of hydrogen-bond acceptors (Lipinski definition) is 3. The minimum absolute atomic E-state index is 0.134. The number of amides is 1. The van der Waals surface area contributed by atoms with Gasteiger partial charge >= 0.3 is 0 Å². The van der Waals surface area contributed by atoms with E-state index in [2.05, 4.69) is 29.2 Å². The summed E-state index contributed by atoms with van der Waals surface area (Å²) in [5, 5.41) is 12.8. The van der Waals surface area contributed by atoms with Gasteiger partial charge in [0.2, 0.25) is 5.91 Å². The second kappa shape index (κ2) is 6.46. The third-order valence-corrected chi connectivity index (χ3v) is 4.41. The molecule has 116 valence electrons. The van der Waals surface area contributed by atoms with Crippen molar-refractivity contribution in [3.05, 3.63) is 48.0 Å². The van der Waals surface area contributed by atoms with E-state index in [4.69, 9.17) is 0 Å². The molecule has 1 aliphatic rings. The van der Waals surface area contributed by atoms with Gasteiger partial charge in [-0.1, -0.05) is 36.4 Å². The molecule has 0 aromatic heterocycles. The monoisotopic (exact) mass is 298 g/mol. The Morgan fingerprint density at radius 3 is 2.45 bits per heavy atom. The van der Waals surface area contributed by atoms with Crippen molar-refractivity contribution in [3.63, 3.8) is 0 Å². The molecule has 1 heterocycles. The molecule has 1 fully saturated rings. The fraction of sp³-hybridized carbons (Fsp3) is 0.389. The Kier molecular flexibility index (Phi) is 4.41. The molecule has 1 saturated heterocycles. The highest BCUT2D eigenvalue weighted by Crippen LogP contribution is 2.21. The first kappa shape index (κ1) is 15.0. The van der Waals surface area contributed by atoms with Gasteiger partial charge in [0.25, 0.3) is 0 Å². The third-order valence-electron chi connectivity index (χ3n) is 4.41. The molecular weight excluding hydrogens is 276 g/mol. The van der Waals surface area contributed by atoms with Crippen LogP contribution in [0.5, 0.6) is 0 Å². The van der Waals surface area contributed by atoms with E-state index in [1.165, 1.54) is 5.39 Å². The lowest BCUT2D eigenvalue weighted by molar-refractivity contribution is -0.130. The molecule has 0 spiro atoms. The summed E-state index contributed by atoms with van der Waals surface area (Å²) in [5.74, 6) is 0.134. The maximum Gasteiger partial charge on any atom is 0.219 e. The number of carbonyl (C=O) groups is 1. The zero-order valence-corrected chi connectivity index (χ0v) is 12.9. The molecule has 2 aromatic carbocycles. The minimum atomic E-state index is -0.492. The van der Waals surface area contributed by atoms with Gasteiger partial charge in [-0.3, -0.25) is 9.69 Å². The Hall–Kier alpha value is -1.91. The average molecular weight is 298 g/mol. The highest BCUT2D eigenvalue weighted by Gasteiger charge is 2.21. The Labute approximate surface area is 131 Å². The van der Waals surface area contributed by atoms with Gasteiger partial charge < -0.3 is 10.0 Å². The number of carbonyl (C=O) groups excluding carboxylic acids is 1. The second-order valence-electron chi connectivity index (χ2n) is 5.93. The van der Waals surface area contributed by atoms with Crippen LogP contribution in [0.3, 0.4) is 0 Å². The molecule has 1 unspecified atom stereocenters.